The van der Waals surface area contributed by atoms with E-state index in [0.29, 0.717) is 0 Å². The molecule has 0 spiro atoms. The fraction of sp³-hybridized carbons (Fsp3) is 0.368. The van der Waals surface area contributed by atoms with Gasteiger partial charge in [0.25, 0.3) is 5.91 Å². The van der Waals surface area contributed by atoms with E-state index in [2.05, 4.69) is 34.0 Å². The van der Waals surface area contributed by atoms with Crippen molar-refractivity contribution in [3.63, 3.8) is 0 Å². The molecule has 3 rings (SSSR count). The first-order valence-electron chi connectivity index (χ1n) is 8.09. The lowest BCUT2D eigenvalue weighted by Gasteiger charge is -2.14. The highest BCUT2D eigenvalue weighted by molar-refractivity contribution is 7.15. The Labute approximate surface area is 146 Å². The first-order chi connectivity index (χ1) is 11.5. The summed E-state index contributed by atoms with van der Waals surface area (Å²) in [5, 5.41) is 4.06. The number of benzene rings is 1. The summed E-state index contributed by atoms with van der Waals surface area (Å²) in [6.45, 7) is 7.85. The normalized spacial score (nSPS) is 16.6. The SMILES string of the molecule is Cc1cccc(C#CC(=O)NC2CCN(c3nc(C)c(C)s3)C2)c1. The molecule has 1 atom stereocenters. The van der Waals surface area contributed by atoms with Crippen LogP contribution in [-0.2, 0) is 4.79 Å². The van der Waals surface area contributed by atoms with Crippen molar-refractivity contribution >= 4 is 22.4 Å². The van der Waals surface area contributed by atoms with Crippen LogP contribution in [0.2, 0.25) is 0 Å². The zero-order valence-corrected chi connectivity index (χ0v) is 15.0. The van der Waals surface area contributed by atoms with Crippen LogP contribution in [0, 0.1) is 32.6 Å². The standard InChI is InChI=1S/C19H21N3OS/c1-13-5-4-6-16(11-13)7-8-18(23)21-17-9-10-22(12-17)19-20-14(2)15(3)24-19/h4-6,11,17H,9-10,12H2,1-3H3,(H,21,23). The fourth-order valence-corrected chi connectivity index (χ4v) is 3.66. The average Bonchev–Trinajstić information content (AvgIpc) is 3.13. The van der Waals surface area contributed by atoms with Crippen LogP contribution in [0.4, 0.5) is 5.13 Å². The summed E-state index contributed by atoms with van der Waals surface area (Å²) in [6, 6.07) is 7.99. The van der Waals surface area contributed by atoms with E-state index in [1.165, 1.54) is 4.88 Å². The van der Waals surface area contributed by atoms with Crippen LogP contribution in [0.1, 0.15) is 28.1 Å². The predicted octanol–water partition coefficient (Wildman–Crippen LogP) is 2.81. The first-order valence-corrected chi connectivity index (χ1v) is 8.91. The van der Waals surface area contributed by atoms with Gasteiger partial charge in [0.05, 0.1) is 5.69 Å². The van der Waals surface area contributed by atoms with Crippen LogP contribution in [-0.4, -0.2) is 30.0 Å². The number of aryl methyl sites for hydroxylation is 3. The second kappa shape index (κ2) is 7.06. The molecule has 1 amide bonds. The minimum atomic E-state index is -0.213. The quantitative estimate of drug-likeness (QED) is 0.856. The van der Waals surface area contributed by atoms with Gasteiger partial charge in [-0.05, 0) is 44.9 Å². The molecule has 1 fully saturated rings. The Kier molecular flexibility index (Phi) is 4.86. The fourth-order valence-electron chi connectivity index (χ4n) is 2.72. The minimum Gasteiger partial charge on any atom is -0.346 e. The van der Waals surface area contributed by atoms with Gasteiger partial charge in [-0.1, -0.05) is 18.1 Å². The Balaban J connectivity index is 1.56. The summed E-state index contributed by atoms with van der Waals surface area (Å²) in [5.74, 6) is 5.40. The zero-order valence-electron chi connectivity index (χ0n) is 14.2. The number of carbonyl (C=O) groups excluding carboxylic acids is 1. The number of amides is 1. The molecule has 24 heavy (non-hydrogen) atoms. The molecule has 124 valence electrons. The van der Waals surface area contributed by atoms with Gasteiger partial charge in [-0.2, -0.15) is 0 Å². The van der Waals surface area contributed by atoms with Gasteiger partial charge in [-0.15, -0.1) is 11.3 Å². The summed E-state index contributed by atoms with van der Waals surface area (Å²) >= 11 is 1.72. The first kappa shape index (κ1) is 16.5. The number of thiazole rings is 1. The van der Waals surface area contributed by atoms with Crippen LogP contribution < -0.4 is 10.2 Å². The summed E-state index contributed by atoms with van der Waals surface area (Å²) in [7, 11) is 0. The van der Waals surface area contributed by atoms with Crippen LogP contribution in [0.3, 0.4) is 0 Å². The number of rotatable bonds is 2. The molecule has 1 aromatic carbocycles. The Morgan fingerprint density at radius 2 is 2.21 bits per heavy atom. The van der Waals surface area contributed by atoms with Crippen molar-refractivity contribution in [2.45, 2.75) is 33.2 Å². The van der Waals surface area contributed by atoms with Crippen molar-refractivity contribution in [1.82, 2.24) is 10.3 Å². The van der Waals surface area contributed by atoms with Gasteiger partial charge < -0.3 is 10.2 Å². The summed E-state index contributed by atoms with van der Waals surface area (Å²) in [4.78, 5) is 20.1. The number of carbonyl (C=O) groups is 1. The maximum atomic E-state index is 12.0. The highest BCUT2D eigenvalue weighted by atomic mass is 32.1. The Morgan fingerprint density at radius 3 is 2.92 bits per heavy atom. The zero-order chi connectivity index (χ0) is 17.1. The predicted molar refractivity (Wildman–Crippen MR) is 98.4 cm³/mol. The Bertz CT molecular complexity index is 796. The lowest BCUT2D eigenvalue weighted by molar-refractivity contribution is -0.116. The van der Waals surface area contributed by atoms with E-state index in [4.69, 9.17) is 0 Å². The molecule has 0 saturated carbocycles. The van der Waals surface area contributed by atoms with Crippen LogP contribution in [0.5, 0.6) is 0 Å². The van der Waals surface area contributed by atoms with Crippen molar-refractivity contribution < 1.29 is 4.79 Å². The molecule has 0 bridgehead atoms. The molecule has 2 aromatic rings. The number of nitrogens with one attached hydrogen (secondary N) is 1. The van der Waals surface area contributed by atoms with E-state index >= 15 is 0 Å². The smallest absolute Gasteiger partial charge is 0.296 e. The van der Waals surface area contributed by atoms with Crippen LogP contribution in [0.25, 0.3) is 0 Å². The van der Waals surface area contributed by atoms with Crippen LogP contribution in [0.15, 0.2) is 24.3 Å². The highest BCUT2D eigenvalue weighted by Gasteiger charge is 2.25. The lowest BCUT2D eigenvalue weighted by atomic mass is 10.1. The molecule has 4 nitrogen and oxygen atoms in total. The number of aromatic nitrogens is 1. The van der Waals surface area contributed by atoms with Crippen molar-refractivity contribution in [2.75, 3.05) is 18.0 Å². The monoisotopic (exact) mass is 339 g/mol. The molecule has 1 N–H and O–H groups in total. The largest absolute Gasteiger partial charge is 0.346 e. The molecule has 1 aromatic heterocycles. The minimum absolute atomic E-state index is 0.133. The van der Waals surface area contributed by atoms with E-state index in [9.17, 15) is 4.79 Å². The molecule has 5 heteroatoms. The molecule has 2 heterocycles. The van der Waals surface area contributed by atoms with Crippen molar-refractivity contribution in [3.05, 3.63) is 46.0 Å². The van der Waals surface area contributed by atoms with Gasteiger partial charge in [-0.25, -0.2) is 4.98 Å². The molecule has 1 aliphatic rings. The van der Waals surface area contributed by atoms with Gasteiger partial charge >= 0.3 is 0 Å². The second-order valence-electron chi connectivity index (χ2n) is 6.16. The van der Waals surface area contributed by atoms with Crippen molar-refractivity contribution in [1.29, 1.82) is 0 Å². The third kappa shape index (κ3) is 3.95. The molecule has 1 saturated heterocycles. The summed E-state index contributed by atoms with van der Waals surface area (Å²) < 4.78 is 0. The van der Waals surface area contributed by atoms with Crippen LogP contribution >= 0.6 is 11.3 Å². The maximum absolute atomic E-state index is 12.0. The maximum Gasteiger partial charge on any atom is 0.296 e. The number of hydrogen-bond donors (Lipinski definition) is 1. The van der Waals surface area contributed by atoms with E-state index in [1.54, 1.807) is 11.3 Å². The van der Waals surface area contributed by atoms with Gasteiger partial charge in [0.2, 0.25) is 0 Å². The Hall–Kier alpha value is -2.32. The number of anilines is 1. The molecule has 1 aliphatic heterocycles. The molecule has 0 aliphatic carbocycles. The van der Waals surface area contributed by atoms with Gasteiger partial charge in [0.15, 0.2) is 5.13 Å². The van der Waals surface area contributed by atoms with E-state index in [1.807, 2.05) is 38.1 Å². The van der Waals surface area contributed by atoms with Crippen molar-refractivity contribution in [2.24, 2.45) is 0 Å². The van der Waals surface area contributed by atoms with Gasteiger partial charge in [-0.3, -0.25) is 4.79 Å². The second-order valence-corrected chi connectivity index (χ2v) is 7.34. The third-order valence-electron chi connectivity index (χ3n) is 4.15. The van der Waals surface area contributed by atoms with Gasteiger partial charge in [0.1, 0.15) is 0 Å². The summed E-state index contributed by atoms with van der Waals surface area (Å²) in [5.41, 5.74) is 3.10. The average molecular weight is 339 g/mol. The molecular formula is C19H21N3OS. The van der Waals surface area contributed by atoms with E-state index < -0.39 is 0 Å². The van der Waals surface area contributed by atoms with Gasteiger partial charge in [0, 0.05) is 35.5 Å². The molecular weight excluding hydrogens is 318 g/mol. The van der Waals surface area contributed by atoms with E-state index in [0.717, 1.165) is 41.5 Å². The topological polar surface area (TPSA) is 45.2 Å². The molecule has 0 radical (unpaired) electrons. The lowest BCUT2D eigenvalue weighted by Crippen LogP contribution is -2.36. The van der Waals surface area contributed by atoms with Crippen molar-refractivity contribution in [3.8, 4) is 11.8 Å². The summed E-state index contributed by atoms with van der Waals surface area (Å²) in [6.07, 6.45) is 0.926. The number of nitrogens with zero attached hydrogens (tertiary/aromatic N) is 2. The highest BCUT2D eigenvalue weighted by Crippen LogP contribution is 2.27. The Morgan fingerprint density at radius 1 is 1.38 bits per heavy atom. The van der Waals surface area contributed by atoms with E-state index in [-0.39, 0.29) is 11.9 Å². The number of hydrogen-bond acceptors (Lipinski definition) is 4. The third-order valence-corrected chi connectivity index (χ3v) is 5.28. The molecule has 1 unspecified atom stereocenters.